The smallest absolute Gasteiger partial charge is 0.260 e. The fourth-order valence-corrected chi connectivity index (χ4v) is 1.30. The first-order chi connectivity index (χ1) is 6.72. The summed E-state index contributed by atoms with van der Waals surface area (Å²) >= 11 is 0. The number of rotatable bonds is 2. The molecule has 1 aromatic heterocycles. The van der Waals surface area contributed by atoms with Crippen LogP contribution in [0, 0.1) is 0 Å². The lowest BCUT2D eigenvalue weighted by Gasteiger charge is -1.96. The van der Waals surface area contributed by atoms with E-state index in [9.17, 15) is 9.59 Å². The number of H-pyrrole nitrogens is 1. The zero-order valence-corrected chi connectivity index (χ0v) is 7.50. The molecule has 1 aliphatic heterocycles. The van der Waals surface area contributed by atoms with Gasteiger partial charge in [-0.25, -0.2) is 0 Å². The average Bonchev–Trinajstić information content (AvgIpc) is 2.71. The SMILES string of the molecule is CCc1[nH]nnc1C1=CC(=O)NC1=O. The number of carbonyl (C=O) groups excluding carboxylic acids is 2. The van der Waals surface area contributed by atoms with Gasteiger partial charge < -0.3 is 0 Å². The van der Waals surface area contributed by atoms with E-state index < -0.39 is 11.8 Å². The van der Waals surface area contributed by atoms with E-state index in [-0.39, 0.29) is 5.57 Å². The van der Waals surface area contributed by atoms with Gasteiger partial charge in [-0.2, -0.15) is 0 Å². The molecule has 2 amide bonds. The van der Waals surface area contributed by atoms with Gasteiger partial charge in [0, 0.05) is 6.08 Å². The molecule has 0 bridgehead atoms. The number of aromatic nitrogens is 3. The zero-order valence-electron chi connectivity index (χ0n) is 7.50. The quantitative estimate of drug-likeness (QED) is 0.613. The van der Waals surface area contributed by atoms with E-state index in [1.807, 2.05) is 6.92 Å². The van der Waals surface area contributed by atoms with Crippen LogP contribution in [0.3, 0.4) is 0 Å². The van der Waals surface area contributed by atoms with Crippen LogP contribution in [-0.2, 0) is 16.0 Å². The van der Waals surface area contributed by atoms with Crippen LogP contribution in [-0.4, -0.2) is 27.2 Å². The number of nitrogens with one attached hydrogen (secondary N) is 2. The number of aryl methyl sites for hydroxylation is 1. The van der Waals surface area contributed by atoms with Gasteiger partial charge in [-0.15, -0.1) is 5.10 Å². The summed E-state index contributed by atoms with van der Waals surface area (Å²) in [4.78, 5) is 22.2. The molecule has 0 fully saturated rings. The Kier molecular flexibility index (Phi) is 1.88. The van der Waals surface area contributed by atoms with Gasteiger partial charge >= 0.3 is 0 Å². The minimum atomic E-state index is -0.418. The van der Waals surface area contributed by atoms with Gasteiger partial charge in [-0.3, -0.25) is 20.0 Å². The van der Waals surface area contributed by atoms with E-state index in [0.717, 1.165) is 5.69 Å². The standard InChI is InChI=1S/C8H8N4O2/c1-2-5-7(11-12-10-5)4-3-6(13)9-8(4)14/h3H,2H2,1H3,(H,9,13,14)(H,10,11,12). The lowest BCUT2D eigenvalue weighted by molar-refractivity contribution is -0.123. The Hall–Kier alpha value is -1.98. The fraction of sp³-hybridized carbons (Fsp3) is 0.250. The molecule has 0 spiro atoms. The molecular weight excluding hydrogens is 184 g/mol. The summed E-state index contributed by atoms with van der Waals surface area (Å²) in [5, 5.41) is 12.2. The van der Waals surface area contributed by atoms with Gasteiger partial charge in [-0.05, 0) is 6.42 Å². The summed E-state index contributed by atoms with van der Waals surface area (Å²) in [6, 6.07) is 0. The number of amides is 2. The topological polar surface area (TPSA) is 87.7 Å². The second-order valence-electron chi connectivity index (χ2n) is 2.87. The van der Waals surface area contributed by atoms with E-state index in [2.05, 4.69) is 20.7 Å². The molecule has 0 saturated carbocycles. The maximum absolute atomic E-state index is 11.3. The number of hydrogen-bond donors (Lipinski definition) is 2. The number of imide groups is 1. The Morgan fingerprint density at radius 2 is 2.21 bits per heavy atom. The van der Waals surface area contributed by atoms with Crippen LogP contribution in [0.15, 0.2) is 6.08 Å². The number of hydrogen-bond acceptors (Lipinski definition) is 4. The molecule has 1 aliphatic rings. The summed E-state index contributed by atoms with van der Waals surface area (Å²) in [6.07, 6.45) is 1.92. The van der Waals surface area contributed by atoms with Crippen molar-refractivity contribution in [3.8, 4) is 0 Å². The van der Waals surface area contributed by atoms with Crippen molar-refractivity contribution >= 4 is 17.4 Å². The predicted molar refractivity (Wildman–Crippen MR) is 46.9 cm³/mol. The predicted octanol–water partition coefficient (Wildman–Crippen LogP) is -0.593. The molecule has 0 unspecified atom stereocenters. The number of carbonyl (C=O) groups is 2. The van der Waals surface area contributed by atoms with Gasteiger partial charge in [0.15, 0.2) is 0 Å². The minimum Gasteiger partial charge on any atom is -0.289 e. The molecule has 2 heterocycles. The minimum absolute atomic E-state index is 0.278. The molecule has 72 valence electrons. The molecule has 1 aromatic rings. The third kappa shape index (κ3) is 1.20. The Morgan fingerprint density at radius 3 is 2.79 bits per heavy atom. The van der Waals surface area contributed by atoms with Crippen molar-refractivity contribution < 1.29 is 9.59 Å². The largest absolute Gasteiger partial charge is 0.289 e. The molecule has 0 atom stereocenters. The van der Waals surface area contributed by atoms with Crippen LogP contribution < -0.4 is 5.32 Å². The Balaban J connectivity index is 2.45. The number of aromatic amines is 1. The fourth-order valence-electron chi connectivity index (χ4n) is 1.30. The van der Waals surface area contributed by atoms with Crippen LogP contribution in [0.25, 0.3) is 5.57 Å². The Labute approximate surface area is 79.4 Å². The van der Waals surface area contributed by atoms with Crippen molar-refractivity contribution in [2.24, 2.45) is 0 Å². The Bertz CT molecular complexity index is 432. The van der Waals surface area contributed by atoms with Crippen LogP contribution in [0.5, 0.6) is 0 Å². The van der Waals surface area contributed by atoms with E-state index >= 15 is 0 Å². The second kappa shape index (κ2) is 3.06. The number of nitrogens with zero attached hydrogens (tertiary/aromatic N) is 2. The monoisotopic (exact) mass is 192 g/mol. The van der Waals surface area contributed by atoms with Crippen molar-refractivity contribution in [1.82, 2.24) is 20.7 Å². The highest BCUT2D eigenvalue weighted by Crippen LogP contribution is 2.18. The average molecular weight is 192 g/mol. The normalized spacial score (nSPS) is 15.6. The van der Waals surface area contributed by atoms with Crippen molar-refractivity contribution in [2.75, 3.05) is 0 Å². The summed E-state index contributed by atoms with van der Waals surface area (Å²) in [5.74, 6) is -0.825. The van der Waals surface area contributed by atoms with Crippen LogP contribution in [0.1, 0.15) is 18.3 Å². The van der Waals surface area contributed by atoms with Crippen LogP contribution >= 0.6 is 0 Å². The third-order valence-corrected chi connectivity index (χ3v) is 1.99. The molecule has 2 rings (SSSR count). The molecule has 0 radical (unpaired) electrons. The van der Waals surface area contributed by atoms with E-state index in [0.29, 0.717) is 12.1 Å². The summed E-state index contributed by atoms with van der Waals surface area (Å²) in [7, 11) is 0. The highest BCUT2D eigenvalue weighted by Gasteiger charge is 2.25. The van der Waals surface area contributed by atoms with Crippen LogP contribution in [0.4, 0.5) is 0 Å². The van der Waals surface area contributed by atoms with Crippen molar-refractivity contribution in [2.45, 2.75) is 13.3 Å². The molecule has 0 aromatic carbocycles. The summed E-state index contributed by atoms with van der Waals surface area (Å²) in [6.45, 7) is 1.91. The van der Waals surface area contributed by atoms with E-state index in [4.69, 9.17) is 0 Å². The maximum atomic E-state index is 11.3. The van der Waals surface area contributed by atoms with Crippen LogP contribution in [0.2, 0.25) is 0 Å². The summed E-state index contributed by atoms with van der Waals surface area (Å²) in [5.41, 5.74) is 1.48. The highest BCUT2D eigenvalue weighted by molar-refractivity contribution is 6.33. The van der Waals surface area contributed by atoms with Gasteiger partial charge in [0.2, 0.25) is 0 Å². The lowest BCUT2D eigenvalue weighted by Crippen LogP contribution is -2.22. The van der Waals surface area contributed by atoms with Gasteiger partial charge in [0.05, 0.1) is 11.3 Å². The van der Waals surface area contributed by atoms with E-state index in [1.54, 1.807) is 0 Å². The maximum Gasteiger partial charge on any atom is 0.260 e. The van der Waals surface area contributed by atoms with Crippen molar-refractivity contribution in [3.05, 3.63) is 17.5 Å². The first-order valence-electron chi connectivity index (χ1n) is 4.19. The molecule has 14 heavy (non-hydrogen) atoms. The first-order valence-corrected chi connectivity index (χ1v) is 4.19. The van der Waals surface area contributed by atoms with Crippen molar-refractivity contribution in [3.63, 3.8) is 0 Å². The third-order valence-electron chi connectivity index (χ3n) is 1.99. The molecule has 0 aliphatic carbocycles. The van der Waals surface area contributed by atoms with Gasteiger partial charge in [-0.1, -0.05) is 12.1 Å². The molecule has 0 saturated heterocycles. The molecule has 6 nitrogen and oxygen atoms in total. The zero-order chi connectivity index (χ0) is 10.1. The molecular formula is C8H8N4O2. The Morgan fingerprint density at radius 1 is 1.43 bits per heavy atom. The van der Waals surface area contributed by atoms with Gasteiger partial charge in [0.1, 0.15) is 5.69 Å². The first kappa shape index (κ1) is 8.61. The second-order valence-corrected chi connectivity index (χ2v) is 2.87. The molecule has 6 heteroatoms. The van der Waals surface area contributed by atoms with Crippen molar-refractivity contribution in [1.29, 1.82) is 0 Å². The summed E-state index contributed by atoms with van der Waals surface area (Å²) < 4.78 is 0. The molecule has 2 N–H and O–H groups in total. The highest BCUT2D eigenvalue weighted by atomic mass is 16.2. The van der Waals surface area contributed by atoms with Gasteiger partial charge in [0.25, 0.3) is 11.8 Å². The van der Waals surface area contributed by atoms with E-state index in [1.165, 1.54) is 6.08 Å². The lowest BCUT2D eigenvalue weighted by atomic mass is 10.1.